The van der Waals surface area contributed by atoms with Crippen LogP contribution in [0, 0.1) is 5.82 Å². The molecule has 0 spiro atoms. The molecule has 0 aliphatic carbocycles. The average molecular weight is 254 g/mol. The van der Waals surface area contributed by atoms with Crippen LogP contribution in [0.2, 0.25) is 0 Å². The normalized spacial score (nSPS) is 19.4. The lowest BCUT2D eigenvalue weighted by Gasteiger charge is -2.16. The van der Waals surface area contributed by atoms with E-state index in [9.17, 15) is 9.18 Å². The van der Waals surface area contributed by atoms with Crippen LogP contribution in [0.4, 0.5) is 14.9 Å². The summed E-state index contributed by atoms with van der Waals surface area (Å²) in [6, 6.07) is 5.70. The van der Waals surface area contributed by atoms with Gasteiger partial charge in [-0.25, -0.2) is 9.18 Å². The molecule has 92 valence electrons. The average Bonchev–Trinajstić information content (AvgIpc) is 2.81. The van der Waals surface area contributed by atoms with Crippen LogP contribution in [0.25, 0.3) is 0 Å². The summed E-state index contributed by atoms with van der Waals surface area (Å²) in [5, 5.41) is 3.30. The number of carbonyl (C=O) groups excluding carboxylic acids is 1. The number of anilines is 1. The second kappa shape index (κ2) is 5.40. The van der Waals surface area contributed by atoms with Crippen molar-refractivity contribution in [3.63, 3.8) is 0 Å². The molecule has 3 nitrogen and oxygen atoms in total. The molecule has 1 aromatic rings. The zero-order chi connectivity index (χ0) is 12.3. The predicted molar refractivity (Wildman–Crippen MR) is 68.9 cm³/mol. The fraction of sp³-hybridized carbons (Fsp3) is 0.417. The molecule has 0 radical (unpaired) electrons. The lowest BCUT2D eigenvalue weighted by Crippen LogP contribution is -2.33. The second-order valence-electron chi connectivity index (χ2n) is 4.03. The number of thioether (sulfide) groups is 1. The van der Waals surface area contributed by atoms with Crippen molar-refractivity contribution >= 4 is 23.5 Å². The largest absolute Gasteiger partial charge is 0.323 e. The van der Waals surface area contributed by atoms with E-state index in [1.807, 2.05) is 0 Å². The third-order valence-electron chi connectivity index (χ3n) is 2.86. The highest BCUT2D eigenvalue weighted by Gasteiger charge is 2.25. The van der Waals surface area contributed by atoms with Gasteiger partial charge in [0.25, 0.3) is 0 Å². The molecule has 1 aliphatic heterocycles. The molecule has 1 heterocycles. The van der Waals surface area contributed by atoms with Gasteiger partial charge >= 0.3 is 6.03 Å². The van der Waals surface area contributed by atoms with Crippen molar-refractivity contribution in [3.8, 4) is 0 Å². The second-order valence-corrected chi connectivity index (χ2v) is 5.17. The molecule has 1 aromatic carbocycles. The monoisotopic (exact) mass is 254 g/mol. The van der Waals surface area contributed by atoms with Crippen molar-refractivity contribution in [1.82, 2.24) is 4.90 Å². The molecule has 17 heavy (non-hydrogen) atoms. The van der Waals surface area contributed by atoms with Crippen LogP contribution in [-0.2, 0) is 0 Å². The lowest BCUT2D eigenvalue weighted by molar-refractivity contribution is 0.222. The molecule has 2 amide bonds. The van der Waals surface area contributed by atoms with E-state index in [1.54, 1.807) is 28.8 Å². The van der Waals surface area contributed by atoms with Gasteiger partial charge in [0.1, 0.15) is 5.82 Å². The first-order valence-corrected chi connectivity index (χ1v) is 6.82. The molecule has 5 heteroatoms. The minimum absolute atomic E-state index is 0.104. The van der Waals surface area contributed by atoms with E-state index in [4.69, 9.17) is 0 Å². The van der Waals surface area contributed by atoms with E-state index in [1.165, 1.54) is 12.1 Å². The maximum absolute atomic E-state index is 12.7. The number of hydrogen-bond acceptors (Lipinski definition) is 2. The van der Waals surface area contributed by atoms with Gasteiger partial charge in [0.2, 0.25) is 0 Å². The molecule has 0 saturated carbocycles. The van der Waals surface area contributed by atoms with Crippen molar-refractivity contribution < 1.29 is 9.18 Å². The Labute approximate surface area is 104 Å². The molecular formula is C12H15FN2OS. The van der Waals surface area contributed by atoms with Gasteiger partial charge in [-0.15, -0.1) is 0 Å². The van der Waals surface area contributed by atoms with E-state index >= 15 is 0 Å². The summed E-state index contributed by atoms with van der Waals surface area (Å²) < 4.78 is 12.7. The topological polar surface area (TPSA) is 32.3 Å². The van der Waals surface area contributed by atoms with Crippen molar-refractivity contribution in [2.75, 3.05) is 24.7 Å². The number of halogens is 1. The number of amides is 2. The molecular weight excluding hydrogens is 239 g/mol. The van der Waals surface area contributed by atoms with E-state index in [-0.39, 0.29) is 11.8 Å². The Balaban J connectivity index is 1.91. The van der Waals surface area contributed by atoms with Crippen LogP contribution in [0.15, 0.2) is 24.3 Å². The molecule has 1 saturated heterocycles. The Kier molecular flexibility index (Phi) is 3.89. The molecule has 1 unspecified atom stereocenters. The highest BCUT2D eigenvalue weighted by molar-refractivity contribution is 7.99. The number of likely N-dealkylation sites (tertiary alicyclic amines) is 1. The molecule has 1 aliphatic rings. The molecule has 1 fully saturated rings. The number of nitrogens with zero attached hydrogens (tertiary/aromatic N) is 1. The van der Waals surface area contributed by atoms with Gasteiger partial charge < -0.3 is 10.2 Å². The Hall–Kier alpha value is -1.23. The number of nitrogens with one attached hydrogen (secondary N) is 1. The SMILES string of the molecule is CSC1CCN(C(=O)Nc2ccc(F)cc2)C1. The van der Waals surface area contributed by atoms with Gasteiger partial charge in [-0.05, 0) is 36.9 Å². The third-order valence-corrected chi connectivity index (χ3v) is 3.91. The van der Waals surface area contributed by atoms with Crippen LogP contribution >= 0.6 is 11.8 Å². The van der Waals surface area contributed by atoms with Crippen LogP contribution < -0.4 is 5.32 Å². The number of hydrogen-bond donors (Lipinski definition) is 1. The lowest BCUT2D eigenvalue weighted by atomic mass is 10.3. The van der Waals surface area contributed by atoms with E-state index in [0.29, 0.717) is 10.9 Å². The molecule has 2 rings (SSSR count). The van der Waals surface area contributed by atoms with Gasteiger partial charge in [-0.1, -0.05) is 0 Å². The van der Waals surface area contributed by atoms with Crippen LogP contribution in [0.5, 0.6) is 0 Å². The van der Waals surface area contributed by atoms with Gasteiger partial charge in [0.05, 0.1) is 0 Å². The Morgan fingerprint density at radius 1 is 1.47 bits per heavy atom. The number of urea groups is 1. The molecule has 0 aromatic heterocycles. The minimum Gasteiger partial charge on any atom is -0.323 e. The highest BCUT2D eigenvalue weighted by atomic mass is 32.2. The smallest absolute Gasteiger partial charge is 0.321 e. The summed E-state index contributed by atoms with van der Waals surface area (Å²) in [7, 11) is 0. The summed E-state index contributed by atoms with van der Waals surface area (Å²) in [6.07, 6.45) is 3.10. The Morgan fingerprint density at radius 2 is 2.18 bits per heavy atom. The van der Waals surface area contributed by atoms with E-state index < -0.39 is 0 Å². The number of benzene rings is 1. The zero-order valence-corrected chi connectivity index (χ0v) is 10.5. The zero-order valence-electron chi connectivity index (χ0n) is 9.65. The Bertz CT molecular complexity index is 396. The third kappa shape index (κ3) is 3.12. The number of carbonyl (C=O) groups is 1. The minimum atomic E-state index is -0.299. The van der Waals surface area contributed by atoms with E-state index in [0.717, 1.165) is 19.5 Å². The predicted octanol–water partition coefficient (Wildman–Crippen LogP) is 2.79. The van der Waals surface area contributed by atoms with Crippen LogP contribution in [0.3, 0.4) is 0 Å². The summed E-state index contributed by atoms with van der Waals surface area (Å²) in [5.74, 6) is -0.299. The van der Waals surface area contributed by atoms with Crippen molar-refractivity contribution in [2.45, 2.75) is 11.7 Å². The van der Waals surface area contributed by atoms with Crippen LogP contribution in [0.1, 0.15) is 6.42 Å². The maximum Gasteiger partial charge on any atom is 0.321 e. The first-order valence-electron chi connectivity index (χ1n) is 5.53. The van der Waals surface area contributed by atoms with Crippen molar-refractivity contribution in [3.05, 3.63) is 30.1 Å². The first-order chi connectivity index (χ1) is 8.19. The Morgan fingerprint density at radius 3 is 2.76 bits per heavy atom. The van der Waals surface area contributed by atoms with E-state index in [2.05, 4.69) is 11.6 Å². The highest BCUT2D eigenvalue weighted by Crippen LogP contribution is 2.21. The summed E-state index contributed by atoms with van der Waals surface area (Å²) in [5.41, 5.74) is 0.629. The van der Waals surface area contributed by atoms with Gasteiger partial charge in [0, 0.05) is 24.0 Å². The summed E-state index contributed by atoms with van der Waals surface area (Å²) in [6.45, 7) is 1.58. The van der Waals surface area contributed by atoms with Gasteiger partial charge in [0.15, 0.2) is 0 Å². The molecule has 1 atom stereocenters. The quantitative estimate of drug-likeness (QED) is 0.880. The fourth-order valence-corrected chi connectivity index (χ4v) is 2.51. The first kappa shape index (κ1) is 12.2. The maximum atomic E-state index is 12.7. The van der Waals surface area contributed by atoms with Gasteiger partial charge in [-0.3, -0.25) is 0 Å². The number of rotatable bonds is 2. The van der Waals surface area contributed by atoms with Gasteiger partial charge in [-0.2, -0.15) is 11.8 Å². The van der Waals surface area contributed by atoms with Crippen molar-refractivity contribution in [2.24, 2.45) is 0 Å². The van der Waals surface area contributed by atoms with Crippen molar-refractivity contribution in [1.29, 1.82) is 0 Å². The van der Waals surface area contributed by atoms with Crippen LogP contribution in [-0.4, -0.2) is 35.5 Å². The fourth-order valence-electron chi connectivity index (χ4n) is 1.84. The molecule has 1 N–H and O–H groups in total. The summed E-state index contributed by atoms with van der Waals surface area (Å²) in [4.78, 5) is 13.7. The molecule has 0 bridgehead atoms. The summed E-state index contributed by atoms with van der Waals surface area (Å²) >= 11 is 1.79. The standard InChI is InChI=1S/C12H15FN2OS/c1-17-11-6-7-15(8-11)12(16)14-10-4-2-9(13)3-5-10/h2-5,11H,6-8H2,1H3,(H,14,16).